The molecule has 100 valence electrons. The molecule has 0 radical (unpaired) electrons. The van der Waals surface area contributed by atoms with Gasteiger partial charge in [-0.05, 0) is 19.1 Å². The molecule has 0 aromatic heterocycles. The van der Waals surface area contributed by atoms with Crippen molar-refractivity contribution in [3.8, 4) is 0 Å². The van der Waals surface area contributed by atoms with Crippen LogP contribution in [0.25, 0.3) is 0 Å². The van der Waals surface area contributed by atoms with Gasteiger partial charge in [0.2, 0.25) is 10.0 Å². The molecule has 0 aliphatic rings. The summed E-state index contributed by atoms with van der Waals surface area (Å²) in [6.07, 6.45) is 0. The van der Waals surface area contributed by atoms with Crippen molar-refractivity contribution >= 4 is 16.0 Å². The highest BCUT2D eigenvalue weighted by Gasteiger charge is 2.21. The molecule has 0 atom stereocenters. The minimum absolute atomic E-state index is 0.216. The van der Waals surface area contributed by atoms with Crippen molar-refractivity contribution in [2.45, 2.75) is 11.8 Å². The zero-order chi connectivity index (χ0) is 13.9. The molecule has 8 heteroatoms. The fourth-order valence-corrected chi connectivity index (χ4v) is 2.59. The maximum absolute atomic E-state index is 13.4. The molecule has 1 rings (SSSR count). The number of alkyl halides is 1. The summed E-state index contributed by atoms with van der Waals surface area (Å²) in [5.74, 6) is -2.40. The standard InChI is InChI=1S/C10H11F2NO4S/c1-6-8(12)4-7(10(14)15)5-9(6)18(16,17)13-3-2-11/h4-5,13H,2-3H2,1H3,(H,14,15). The lowest BCUT2D eigenvalue weighted by Gasteiger charge is -2.10. The summed E-state index contributed by atoms with van der Waals surface area (Å²) >= 11 is 0. The number of hydrogen-bond donors (Lipinski definition) is 2. The van der Waals surface area contributed by atoms with E-state index in [0.29, 0.717) is 0 Å². The van der Waals surface area contributed by atoms with Gasteiger partial charge in [0, 0.05) is 12.1 Å². The third-order valence-electron chi connectivity index (χ3n) is 2.22. The van der Waals surface area contributed by atoms with Crippen molar-refractivity contribution in [3.63, 3.8) is 0 Å². The number of carboxylic acids is 1. The molecule has 0 spiro atoms. The molecular weight excluding hydrogens is 268 g/mol. The van der Waals surface area contributed by atoms with E-state index >= 15 is 0 Å². The lowest BCUT2D eigenvalue weighted by atomic mass is 10.1. The molecule has 0 bridgehead atoms. The molecular formula is C10H11F2NO4S. The third-order valence-corrected chi connectivity index (χ3v) is 3.81. The van der Waals surface area contributed by atoms with Crippen LogP contribution < -0.4 is 4.72 Å². The second kappa shape index (κ2) is 5.40. The zero-order valence-electron chi connectivity index (χ0n) is 9.41. The Morgan fingerprint density at radius 3 is 2.56 bits per heavy atom. The Kier molecular flexibility index (Phi) is 4.36. The lowest BCUT2D eigenvalue weighted by Crippen LogP contribution is -2.27. The Bertz CT molecular complexity index is 571. The topological polar surface area (TPSA) is 83.5 Å². The van der Waals surface area contributed by atoms with Crippen molar-refractivity contribution in [3.05, 3.63) is 29.1 Å². The number of sulfonamides is 1. The highest BCUT2D eigenvalue weighted by molar-refractivity contribution is 7.89. The van der Waals surface area contributed by atoms with E-state index in [1.807, 2.05) is 4.72 Å². The fourth-order valence-electron chi connectivity index (χ4n) is 1.31. The summed E-state index contributed by atoms with van der Waals surface area (Å²) in [4.78, 5) is 10.2. The molecule has 5 nitrogen and oxygen atoms in total. The van der Waals surface area contributed by atoms with E-state index < -0.39 is 45.5 Å². The van der Waals surface area contributed by atoms with Crippen molar-refractivity contribution in [2.24, 2.45) is 0 Å². The Balaban J connectivity index is 3.35. The van der Waals surface area contributed by atoms with Crippen LogP contribution in [-0.2, 0) is 10.0 Å². The van der Waals surface area contributed by atoms with Gasteiger partial charge in [0.1, 0.15) is 12.5 Å². The number of halogens is 2. The van der Waals surface area contributed by atoms with E-state index in [0.717, 1.165) is 12.1 Å². The minimum atomic E-state index is -4.12. The van der Waals surface area contributed by atoms with Gasteiger partial charge in [0.25, 0.3) is 0 Å². The first-order chi connectivity index (χ1) is 8.29. The van der Waals surface area contributed by atoms with Crippen molar-refractivity contribution in [2.75, 3.05) is 13.2 Å². The van der Waals surface area contributed by atoms with Crippen LogP contribution >= 0.6 is 0 Å². The molecule has 0 fully saturated rings. The second-order valence-corrected chi connectivity index (χ2v) is 5.21. The summed E-state index contributed by atoms with van der Waals surface area (Å²) in [5.41, 5.74) is -0.704. The van der Waals surface area contributed by atoms with Crippen molar-refractivity contribution in [1.82, 2.24) is 4.72 Å². The zero-order valence-corrected chi connectivity index (χ0v) is 10.2. The van der Waals surface area contributed by atoms with Gasteiger partial charge in [-0.15, -0.1) is 0 Å². The van der Waals surface area contributed by atoms with Crippen LogP contribution in [0.3, 0.4) is 0 Å². The van der Waals surface area contributed by atoms with Gasteiger partial charge < -0.3 is 5.11 Å². The Labute approximate surface area is 102 Å². The summed E-state index contributed by atoms with van der Waals surface area (Å²) in [7, 11) is -4.12. The average molecular weight is 279 g/mol. The molecule has 2 N–H and O–H groups in total. The van der Waals surface area contributed by atoms with Crippen molar-refractivity contribution in [1.29, 1.82) is 0 Å². The first-order valence-electron chi connectivity index (χ1n) is 4.88. The van der Waals surface area contributed by atoms with Crippen LogP contribution in [-0.4, -0.2) is 32.7 Å². The number of aromatic carboxylic acids is 1. The Morgan fingerprint density at radius 2 is 2.06 bits per heavy atom. The number of rotatable bonds is 5. The van der Waals surface area contributed by atoms with Crippen LogP contribution in [0.2, 0.25) is 0 Å². The highest BCUT2D eigenvalue weighted by Crippen LogP contribution is 2.20. The van der Waals surface area contributed by atoms with E-state index in [9.17, 15) is 22.0 Å². The largest absolute Gasteiger partial charge is 0.478 e. The van der Waals surface area contributed by atoms with Gasteiger partial charge in [0.15, 0.2) is 0 Å². The molecule has 1 aromatic rings. The Morgan fingerprint density at radius 1 is 1.44 bits per heavy atom. The summed E-state index contributed by atoms with van der Waals surface area (Å²) < 4.78 is 50.7. The van der Waals surface area contributed by atoms with Gasteiger partial charge in [-0.3, -0.25) is 0 Å². The average Bonchev–Trinajstić information content (AvgIpc) is 2.29. The van der Waals surface area contributed by atoms with Gasteiger partial charge in [-0.25, -0.2) is 26.7 Å². The predicted octanol–water partition coefficient (Wildman–Crippen LogP) is 1.08. The van der Waals surface area contributed by atoms with Crippen LogP contribution in [0.4, 0.5) is 8.78 Å². The maximum atomic E-state index is 13.4. The maximum Gasteiger partial charge on any atom is 0.335 e. The molecule has 1 aromatic carbocycles. The lowest BCUT2D eigenvalue weighted by molar-refractivity contribution is 0.0696. The molecule has 0 amide bonds. The number of carbonyl (C=O) groups is 1. The number of nitrogens with one attached hydrogen (secondary N) is 1. The van der Waals surface area contributed by atoms with E-state index in [1.165, 1.54) is 6.92 Å². The monoisotopic (exact) mass is 279 g/mol. The second-order valence-electron chi connectivity index (χ2n) is 3.47. The SMILES string of the molecule is Cc1c(F)cc(C(=O)O)cc1S(=O)(=O)NCCF. The summed E-state index contributed by atoms with van der Waals surface area (Å²) in [5, 5.41) is 8.72. The van der Waals surface area contributed by atoms with Gasteiger partial charge in [-0.2, -0.15) is 0 Å². The van der Waals surface area contributed by atoms with Crippen LogP contribution in [0.15, 0.2) is 17.0 Å². The Hall–Kier alpha value is -1.54. The molecule has 0 unspecified atom stereocenters. The smallest absolute Gasteiger partial charge is 0.335 e. The third kappa shape index (κ3) is 3.02. The molecule has 18 heavy (non-hydrogen) atoms. The molecule has 0 aliphatic heterocycles. The fraction of sp³-hybridized carbons (Fsp3) is 0.300. The number of hydrogen-bond acceptors (Lipinski definition) is 3. The molecule has 0 aliphatic carbocycles. The van der Waals surface area contributed by atoms with Crippen LogP contribution in [0.5, 0.6) is 0 Å². The molecule has 0 saturated carbocycles. The predicted molar refractivity (Wildman–Crippen MR) is 59.3 cm³/mol. The first kappa shape index (κ1) is 14.5. The number of carboxylic acid groups (broad SMARTS) is 1. The van der Waals surface area contributed by atoms with E-state index in [-0.39, 0.29) is 5.56 Å². The van der Waals surface area contributed by atoms with Gasteiger partial charge in [-0.1, -0.05) is 0 Å². The van der Waals surface area contributed by atoms with E-state index in [4.69, 9.17) is 5.11 Å². The van der Waals surface area contributed by atoms with Crippen LogP contribution in [0.1, 0.15) is 15.9 Å². The molecule has 0 heterocycles. The summed E-state index contributed by atoms with van der Waals surface area (Å²) in [6.45, 7) is -0.176. The minimum Gasteiger partial charge on any atom is -0.478 e. The summed E-state index contributed by atoms with van der Waals surface area (Å²) in [6, 6.07) is 1.56. The van der Waals surface area contributed by atoms with E-state index in [2.05, 4.69) is 0 Å². The van der Waals surface area contributed by atoms with Gasteiger partial charge in [0.05, 0.1) is 10.5 Å². The number of benzene rings is 1. The quantitative estimate of drug-likeness (QED) is 0.844. The first-order valence-corrected chi connectivity index (χ1v) is 6.37. The van der Waals surface area contributed by atoms with E-state index in [1.54, 1.807) is 0 Å². The van der Waals surface area contributed by atoms with Crippen LogP contribution in [0, 0.1) is 12.7 Å². The van der Waals surface area contributed by atoms with Crippen molar-refractivity contribution < 1.29 is 27.1 Å². The molecule has 0 saturated heterocycles. The van der Waals surface area contributed by atoms with Gasteiger partial charge >= 0.3 is 5.97 Å². The normalized spacial score (nSPS) is 11.5. The highest BCUT2D eigenvalue weighted by atomic mass is 32.2.